The highest BCUT2D eigenvalue weighted by Gasteiger charge is 2.09. The smallest absolute Gasteiger partial charge is 0.329 e. The second-order valence-electron chi connectivity index (χ2n) is 3.37. The predicted molar refractivity (Wildman–Crippen MR) is 59.6 cm³/mol. The summed E-state index contributed by atoms with van der Waals surface area (Å²) >= 11 is 0. The first kappa shape index (κ1) is 10.4. The molecule has 2 aromatic rings. The van der Waals surface area contributed by atoms with Crippen molar-refractivity contribution in [3.8, 4) is 5.75 Å². The van der Waals surface area contributed by atoms with Gasteiger partial charge in [0.1, 0.15) is 11.1 Å². The Hall–Kier alpha value is -2.08. The van der Waals surface area contributed by atoms with Crippen LogP contribution in [-0.2, 0) is 6.67 Å². The molecular formula is C10H11N3O3. The van der Waals surface area contributed by atoms with Crippen LogP contribution < -0.4 is 16.6 Å². The second-order valence-corrected chi connectivity index (χ2v) is 3.37. The summed E-state index contributed by atoms with van der Waals surface area (Å²) < 4.78 is 0.988. The average molecular weight is 221 g/mol. The van der Waals surface area contributed by atoms with Crippen LogP contribution in [0.2, 0.25) is 0 Å². The number of benzene rings is 1. The van der Waals surface area contributed by atoms with Crippen molar-refractivity contribution in [2.75, 3.05) is 7.05 Å². The Balaban J connectivity index is 2.92. The van der Waals surface area contributed by atoms with Crippen molar-refractivity contribution in [2.45, 2.75) is 6.67 Å². The highest BCUT2D eigenvalue weighted by molar-refractivity contribution is 5.83. The summed E-state index contributed by atoms with van der Waals surface area (Å²) in [5.74, 6) is -0.136. The van der Waals surface area contributed by atoms with Crippen molar-refractivity contribution in [1.29, 1.82) is 0 Å². The number of rotatable bonds is 2. The van der Waals surface area contributed by atoms with Gasteiger partial charge in [0.05, 0.1) is 12.2 Å². The van der Waals surface area contributed by atoms with Crippen molar-refractivity contribution in [1.82, 2.24) is 14.9 Å². The van der Waals surface area contributed by atoms with Gasteiger partial charge >= 0.3 is 5.69 Å². The first-order valence-electron chi connectivity index (χ1n) is 4.74. The third-order valence-corrected chi connectivity index (χ3v) is 2.30. The topological polar surface area (TPSA) is 87.1 Å². The molecule has 1 aromatic carbocycles. The molecule has 1 aromatic heterocycles. The Bertz CT molecular complexity index is 642. The molecule has 1 heterocycles. The Labute approximate surface area is 90.2 Å². The molecule has 0 aliphatic carbocycles. The standard InChI is InChI=1S/C10H11N3O3/c1-11-5-13-9(15)8-6(12-10(13)16)3-2-4-7(8)14/h2-4,11,14H,5H2,1H3,(H,12,16). The molecule has 0 amide bonds. The summed E-state index contributed by atoms with van der Waals surface area (Å²) in [5, 5.41) is 12.4. The van der Waals surface area contributed by atoms with Gasteiger partial charge in [0.2, 0.25) is 0 Å². The number of nitrogens with one attached hydrogen (secondary N) is 2. The van der Waals surface area contributed by atoms with Crippen LogP contribution in [0.1, 0.15) is 0 Å². The normalized spacial score (nSPS) is 10.8. The van der Waals surface area contributed by atoms with E-state index < -0.39 is 11.2 Å². The maximum atomic E-state index is 11.9. The zero-order valence-corrected chi connectivity index (χ0v) is 8.65. The van der Waals surface area contributed by atoms with Crippen LogP contribution in [0, 0.1) is 0 Å². The molecule has 6 nitrogen and oxygen atoms in total. The van der Waals surface area contributed by atoms with E-state index in [1.165, 1.54) is 6.07 Å². The molecule has 0 saturated heterocycles. The molecule has 6 heteroatoms. The highest BCUT2D eigenvalue weighted by atomic mass is 16.3. The van der Waals surface area contributed by atoms with E-state index in [1.54, 1.807) is 19.2 Å². The lowest BCUT2D eigenvalue weighted by atomic mass is 10.2. The first-order chi connectivity index (χ1) is 7.65. The SMILES string of the molecule is CNCn1c(=O)[nH]c2cccc(O)c2c1=O. The number of aromatic amines is 1. The minimum Gasteiger partial charge on any atom is -0.507 e. The van der Waals surface area contributed by atoms with E-state index in [-0.39, 0.29) is 17.8 Å². The molecular weight excluding hydrogens is 210 g/mol. The lowest BCUT2D eigenvalue weighted by molar-refractivity contribution is 0.479. The molecule has 0 spiro atoms. The van der Waals surface area contributed by atoms with E-state index in [9.17, 15) is 14.7 Å². The monoisotopic (exact) mass is 221 g/mol. The number of aromatic hydroxyl groups is 1. The number of hydrogen-bond acceptors (Lipinski definition) is 4. The van der Waals surface area contributed by atoms with Crippen molar-refractivity contribution < 1.29 is 5.11 Å². The molecule has 0 unspecified atom stereocenters. The minimum absolute atomic E-state index is 0.0957. The Morgan fingerprint density at radius 3 is 2.88 bits per heavy atom. The first-order valence-corrected chi connectivity index (χ1v) is 4.74. The predicted octanol–water partition coefficient (Wildman–Crippen LogP) is -0.428. The second kappa shape index (κ2) is 3.82. The van der Waals surface area contributed by atoms with Gasteiger partial charge in [0, 0.05) is 0 Å². The number of nitrogens with zero attached hydrogens (tertiary/aromatic N) is 1. The summed E-state index contributed by atoms with van der Waals surface area (Å²) in [6.45, 7) is 0.0957. The Morgan fingerprint density at radius 2 is 2.19 bits per heavy atom. The number of fused-ring (bicyclic) bond motifs is 1. The molecule has 0 aliphatic heterocycles. The maximum Gasteiger partial charge on any atom is 0.329 e. The van der Waals surface area contributed by atoms with Gasteiger partial charge in [0.15, 0.2) is 0 Å². The molecule has 0 radical (unpaired) electrons. The van der Waals surface area contributed by atoms with Crippen molar-refractivity contribution in [3.05, 3.63) is 39.0 Å². The molecule has 0 bridgehead atoms. The van der Waals surface area contributed by atoms with Crippen LogP contribution in [0.25, 0.3) is 10.9 Å². The van der Waals surface area contributed by atoms with Crippen LogP contribution in [-0.4, -0.2) is 21.7 Å². The maximum absolute atomic E-state index is 11.9. The number of phenolic OH excluding ortho intramolecular Hbond substituents is 1. The lowest BCUT2D eigenvalue weighted by Crippen LogP contribution is -2.38. The molecule has 0 fully saturated rings. The Kier molecular flexibility index (Phi) is 2.49. The zero-order valence-electron chi connectivity index (χ0n) is 8.65. The van der Waals surface area contributed by atoms with Gasteiger partial charge in [-0.25, -0.2) is 9.36 Å². The highest BCUT2D eigenvalue weighted by Crippen LogP contribution is 2.17. The van der Waals surface area contributed by atoms with Gasteiger partial charge in [-0.05, 0) is 19.2 Å². The lowest BCUT2D eigenvalue weighted by Gasteiger charge is -2.05. The van der Waals surface area contributed by atoms with Gasteiger partial charge < -0.3 is 15.4 Å². The minimum atomic E-state index is -0.508. The van der Waals surface area contributed by atoms with Gasteiger partial charge in [-0.2, -0.15) is 0 Å². The number of H-pyrrole nitrogens is 1. The molecule has 3 N–H and O–H groups in total. The summed E-state index contributed by atoms with van der Waals surface area (Å²) in [4.78, 5) is 26.0. The molecule has 0 atom stereocenters. The van der Waals surface area contributed by atoms with E-state index in [0.717, 1.165) is 4.57 Å². The third kappa shape index (κ3) is 1.49. The van der Waals surface area contributed by atoms with E-state index >= 15 is 0 Å². The molecule has 0 saturated carbocycles. The van der Waals surface area contributed by atoms with Crippen LogP contribution in [0.4, 0.5) is 0 Å². The van der Waals surface area contributed by atoms with Gasteiger partial charge in [0.25, 0.3) is 5.56 Å². The van der Waals surface area contributed by atoms with E-state index in [4.69, 9.17) is 0 Å². The fraction of sp³-hybridized carbons (Fsp3) is 0.200. The van der Waals surface area contributed by atoms with Gasteiger partial charge in [-0.1, -0.05) is 6.07 Å². The Morgan fingerprint density at radius 1 is 1.44 bits per heavy atom. The van der Waals surface area contributed by atoms with Crippen molar-refractivity contribution in [2.24, 2.45) is 0 Å². The molecule has 84 valence electrons. The van der Waals surface area contributed by atoms with Crippen LogP contribution >= 0.6 is 0 Å². The van der Waals surface area contributed by atoms with Crippen LogP contribution in [0.5, 0.6) is 5.75 Å². The fourth-order valence-corrected chi connectivity index (χ4v) is 1.58. The number of phenols is 1. The van der Waals surface area contributed by atoms with Crippen molar-refractivity contribution in [3.63, 3.8) is 0 Å². The van der Waals surface area contributed by atoms with E-state index in [1.807, 2.05) is 0 Å². The van der Waals surface area contributed by atoms with Crippen molar-refractivity contribution >= 4 is 10.9 Å². The van der Waals surface area contributed by atoms with Crippen LogP contribution in [0.15, 0.2) is 27.8 Å². The summed E-state index contributed by atoms with van der Waals surface area (Å²) in [5.41, 5.74) is -0.675. The van der Waals surface area contributed by atoms with E-state index in [0.29, 0.717) is 5.52 Å². The molecule has 0 aliphatic rings. The average Bonchev–Trinajstić information content (AvgIpc) is 2.24. The molecule has 2 rings (SSSR count). The van der Waals surface area contributed by atoms with E-state index in [2.05, 4.69) is 10.3 Å². The largest absolute Gasteiger partial charge is 0.507 e. The summed E-state index contributed by atoms with van der Waals surface area (Å²) in [6, 6.07) is 4.54. The van der Waals surface area contributed by atoms with Gasteiger partial charge in [-0.3, -0.25) is 4.79 Å². The number of hydrogen-bond donors (Lipinski definition) is 3. The summed E-state index contributed by atoms with van der Waals surface area (Å²) in [6.07, 6.45) is 0. The number of aromatic nitrogens is 2. The van der Waals surface area contributed by atoms with Gasteiger partial charge in [-0.15, -0.1) is 0 Å². The molecule has 16 heavy (non-hydrogen) atoms. The quantitative estimate of drug-likeness (QED) is 0.642. The zero-order chi connectivity index (χ0) is 11.7. The fourth-order valence-electron chi connectivity index (χ4n) is 1.58. The van der Waals surface area contributed by atoms with Crippen LogP contribution in [0.3, 0.4) is 0 Å². The third-order valence-electron chi connectivity index (χ3n) is 2.30. The summed E-state index contributed by atoms with van der Waals surface area (Å²) in [7, 11) is 1.63.